The van der Waals surface area contributed by atoms with Crippen LogP contribution in [-0.4, -0.2) is 57.5 Å². The lowest BCUT2D eigenvalue weighted by molar-refractivity contribution is 0.0170. The van der Waals surface area contributed by atoms with Gasteiger partial charge >= 0.3 is 0 Å². The second-order valence-electron chi connectivity index (χ2n) is 7.21. The van der Waals surface area contributed by atoms with Gasteiger partial charge in [-0.05, 0) is 35.4 Å². The van der Waals surface area contributed by atoms with Gasteiger partial charge in [-0.15, -0.1) is 0 Å². The summed E-state index contributed by atoms with van der Waals surface area (Å²) in [7, 11) is 1.78. The molecule has 1 unspecified atom stereocenters. The normalized spacial score (nSPS) is 17.6. The van der Waals surface area contributed by atoms with Gasteiger partial charge in [-0.3, -0.25) is 9.89 Å². The zero-order valence-corrected chi connectivity index (χ0v) is 17.8. The summed E-state index contributed by atoms with van der Waals surface area (Å²) in [6.07, 6.45) is 0. The number of halogens is 1. The fourth-order valence-electron chi connectivity index (χ4n) is 3.71. The molecule has 2 aromatic rings. The smallest absolute Gasteiger partial charge is 0.231 e. The molecule has 0 spiro atoms. The second-order valence-corrected chi connectivity index (χ2v) is 7.65. The highest BCUT2D eigenvalue weighted by Crippen LogP contribution is 2.32. The minimum absolute atomic E-state index is 0.177. The van der Waals surface area contributed by atoms with Crippen LogP contribution in [0.15, 0.2) is 47.5 Å². The summed E-state index contributed by atoms with van der Waals surface area (Å²) in [4.78, 5) is 6.80. The van der Waals surface area contributed by atoms with Crippen LogP contribution in [-0.2, 0) is 11.3 Å². The van der Waals surface area contributed by atoms with Crippen LogP contribution in [0.3, 0.4) is 0 Å². The Kier molecular flexibility index (Phi) is 6.94. The number of rotatable bonds is 6. The van der Waals surface area contributed by atoms with Crippen LogP contribution in [0.1, 0.15) is 17.2 Å². The van der Waals surface area contributed by atoms with E-state index >= 15 is 0 Å². The Hall–Kier alpha value is -2.48. The molecule has 160 valence electrons. The lowest BCUT2D eigenvalue weighted by atomic mass is 10.0. The van der Waals surface area contributed by atoms with Crippen molar-refractivity contribution in [1.82, 2.24) is 15.5 Å². The van der Waals surface area contributed by atoms with Gasteiger partial charge in [0.1, 0.15) is 0 Å². The Morgan fingerprint density at radius 1 is 1.10 bits per heavy atom. The highest BCUT2D eigenvalue weighted by molar-refractivity contribution is 6.30. The van der Waals surface area contributed by atoms with Crippen LogP contribution >= 0.6 is 11.6 Å². The predicted molar refractivity (Wildman–Crippen MR) is 117 cm³/mol. The molecule has 2 aliphatic heterocycles. The van der Waals surface area contributed by atoms with Gasteiger partial charge in [0.05, 0.1) is 19.3 Å². The van der Waals surface area contributed by atoms with Crippen LogP contribution in [0.25, 0.3) is 0 Å². The highest BCUT2D eigenvalue weighted by atomic mass is 35.5. The van der Waals surface area contributed by atoms with E-state index in [9.17, 15) is 0 Å². The molecule has 2 aliphatic rings. The van der Waals surface area contributed by atoms with E-state index in [4.69, 9.17) is 25.8 Å². The van der Waals surface area contributed by atoms with Crippen LogP contribution in [0.2, 0.25) is 5.02 Å². The van der Waals surface area contributed by atoms with E-state index < -0.39 is 0 Å². The average Bonchev–Trinajstić information content (AvgIpc) is 3.25. The number of guanidine groups is 1. The van der Waals surface area contributed by atoms with Crippen LogP contribution in [0.4, 0.5) is 0 Å². The fourth-order valence-corrected chi connectivity index (χ4v) is 3.91. The van der Waals surface area contributed by atoms with E-state index in [0.717, 1.165) is 54.3 Å². The summed E-state index contributed by atoms with van der Waals surface area (Å²) in [5.74, 6) is 2.31. The van der Waals surface area contributed by atoms with Gasteiger partial charge in [0.25, 0.3) is 0 Å². The molecule has 2 aromatic carbocycles. The molecule has 1 atom stereocenters. The fraction of sp³-hybridized carbons (Fsp3) is 0.409. The average molecular weight is 431 g/mol. The minimum Gasteiger partial charge on any atom is -0.454 e. The van der Waals surface area contributed by atoms with Crippen molar-refractivity contribution >= 4 is 17.6 Å². The maximum Gasteiger partial charge on any atom is 0.231 e. The van der Waals surface area contributed by atoms with E-state index in [2.05, 4.69) is 26.6 Å². The first-order chi connectivity index (χ1) is 14.7. The number of nitrogens with one attached hydrogen (secondary N) is 2. The summed E-state index contributed by atoms with van der Waals surface area (Å²) < 4.78 is 16.4. The molecule has 0 amide bonds. The topological polar surface area (TPSA) is 67.4 Å². The quantitative estimate of drug-likeness (QED) is 0.542. The molecule has 0 radical (unpaired) electrons. The minimum atomic E-state index is 0.177. The van der Waals surface area contributed by atoms with E-state index in [1.165, 1.54) is 5.56 Å². The molecular formula is C22H27ClN4O3. The van der Waals surface area contributed by atoms with Gasteiger partial charge in [0, 0.05) is 38.2 Å². The second kappa shape index (κ2) is 10.0. The number of ether oxygens (including phenoxy) is 3. The summed E-state index contributed by atoms with van der Waals surface area (Å²) in [5.41, 5.74) is 2.28. The number of hydrogen-bond donors (Lipinski definition) is 2. The molecule has 0 aliphatic carbocycles. The summed E-state index contributed by atoms with van der Waals surface area (Å²) in [6, 6.07) is 14.2. The van der Waals surface area contributed by atoms with E-state index in [1.54, 1.807) is 7.05 Å². The van der Waals surface area contributed by atoms with Crippen molar-refractivity contribution in [3.8, 4) is 11.5 Å². The molecule has 4 rings (SSSR count). The Bertz CT molecular complexity index is 886. The van der Waals surface area contributed by atoms with E-state index in [1.807, 2.05) is 36.4 Å². The number of morpholine rings is 1. The highest BCUT2D eigenvalue weighted by Gasteiger charge is 2.23. The molecule has 30 heavy (non-hydrogen) atoms. The van der Waals surface area contributed by atoms with Gasteiger partial charge in [0.2, 0.25) is 6.79 Å². The lowest BCUT2D eigenvalue weighted by Gasteiger charge is -2.35. The number of hydrogen-bond acceptors (Lipinski definition) is 5. The number of nitrogens with zero attached hydrogens (tertiary/aromatic N) is 2. The summed E-state index contributed by atoms with van der Waals surface area (Å²) in [6.45, 7) is 4.89. The van der Waals surface area contributed by atoms with Gasteiger partial charge in [0.15, 0.2) is 17.5 Å². The Morgan fingerprint density at radius 3 is 2.73 bits per heavy atom. The molecule has 2 heterocycles. The third-order valence-electron chi connectivity index (χ3n) is 5.30. The van der Waals surface area contributed by atoms with E-state index in [0.29, 0.717) is 13.1 Å². The zero-order valence-electron chi connectivity index (χ0n) is 17.1. The largest absolute Gasteiger partial charge is 0.454 e. The molecule has 1 fully saturated rings. The van der Waals surface area contributed by atoms with Crippen molar-refractivity contribution in [2.45, 2.75) is 12.6 Å². The lowest BCUT2D eigenvalue weighted by Crippen LogP contribution is -2.46. The third kappa shape index (κ3) is 5.16. The van der Waals surface area contributed by atoms with E-state index in [-0.39, 0.29) is 12.8 Å². The Labute approximate surface area is 182 Å². The van der Waals surface area contributed by atoms with Crippen molar-refractivity contribution < 1.29 is 14.2 Å². The maximum atomic E-state index is 6.26. The number of fused-ring (bicyclic) bond motifs is 1. The van der Waals surface area contributed by atoms with Crippen molar-refractivity contribution in [1.29, 1.82) is 0 Å². The Balaban J connectivity index is 1.38. The SMILES string of the molecule is CN=C(NCc1ccc2c(c1)OCO2)NCC(c1cccc(Cl)c1)N1CCOCC1. The number of benzene rings is 2. The van der Waals surface area contributed by atoms with Crippen LogP contribution in [0, 0.1) is 0 Å². The zero-order chi connectivity index (χ0) is 20.8. The van der Waals surface area contributed by atoms with Crippen LogP contribution in [0.5, 0.6) is 11.5 Å². The molecule has 2 N–H and O–H groups in total. The van der Waals surface area contributed by atoms with Crippen molar-refractivity contribution in [3.63, 3.8) is 0 Å². The van der Waals surface area contributed by atoms with Crippen molar-refractivity contribution in [2.24, 2.45) is 4.99 Å². The third-order valence-corrected chi connectivity index (χ3v) is 5.54. The monoisotopic (exact) mass is 430 g/mol. The molecular weight excluding hydrogens is 404 g/mol. The summed E-state index contributed by atoms with van der Waals surface area (Å²) >= 11 is 6.26. The first-order valence-corrected chi connectivity index (χ1v) is 10.5. The van der Waals surface area contributed by atoms with Gasteiger partial charge in [-0.1, -0.05) is 29.8 Å². The van der Waals surface area contributed by atoms with Gasteiger partial charge in [-0.25, -0.2) is 0 Å². The first-order valence-electron chi connectivity index (χ1n) is 10.1. The molecule has 0 aromatic heterocycles. The predicted octanol–water partition coefficient (Wildman–Crippen LogP) is 2.81. The van der Waals surface area contributed by atoms with Crippen LogP contribution < -0.4 is 20.1 Å². The standard InChI is InChI=1S/C22H27ClN4O3/c1-24-22(25-13-16-5-6-20-21(11-16)30-15-29-20)26-14-19(27-7-9-28-10-8-27)17-3-2-4-18(23)12-17/h2-6,11-12,19H,7-10,13-15H2,1H3,(H2,24,25,26). The van der Waals surface area contributed by atoms with Gasteiger partial charge in [-0.2, -0.15) is 0 Å². The summed E-state index contributed by atoms with van der Waals surface area (Å²) in [5, 5.41) is 7.58. The van der Waals surface area contributed by atoms with Crippen molar-refractivity contribution in [2.75, 3.05) is 46.7 Å². The molecule has 8 heteroatoms. The number of aliphatic imine (C=N–C) groups is 1. The molecule has 1 saturated heterocycles. The first kappa shape index (κ1) is 20.8. The Morgan fingerprint density at radius 2 is 1.93 bits per heavy atom. The molecule has 7 nitrogen and oxygen atoms in total. The van der Waals surface area contributed by atoms with Gasteiger partial charge < -0.3 is 24.8 Å². The molecule has 0 bridgehead atoms. The molecule has 0 saturated carbocycles. The maximum absolute atomic E-state index is 6.26. The van der Waals surface area contributed by atoms with Crippen molar-refractivity contribution in [3.05, 3.63) is 58.6 Å².